The van der Waals surface area contributed by atoms with Gasteiger partial charge in [-0.05, 0) is 44.5 Å². The Labute approximate surface area is 133 Å². The maximum absolute atomic E-state index is 10.1. The molecule has 117 valence electrons. The van der Waals surface area contributed by atoms with Gasteiger partial charge in [-0.25, -0.2) is 0 Å². The van der Waals surface area contributed by atoms with Crippen molar-refractivity contribution < 1.29 is 14.6 Å². The molecule has 2 heterocycles. The summed E-state index contributed by atoms with van der Waals surface area (Å²) >= 11 is 0. The SMILES string of the molecule is CN1CCC2C=CCC3(O)[B][C@]213.COc1ccccc1OC. The van der Waals surface area contributed by atoms with Gasteiger partial charge in [-0.15, -0.1) is 0 Å². The van der Waals surface area contributed by atoms with E-state index in [-0.39, 0.29) is 5.44 Å². The quantitative estimate of drug-likeness (QED) is 0.667. The molecule has 22 heavy (non-hydrogen) atoms. The van der Waals surface area contributed by atoms with E-state index in [0.29, 0.717) is 5.92 Å². The molecule has 5 heteroatoms. The van der Waals surface area contributed by atoms with Gasteiger partial charge >= 0.3 is 0 Å². The number of para-hydroxylation sites is 2. The molecule has 0 aromatic heterocycles. The van der Waals surface area contributed by atoms with Crippen LogP contribution in [0.5, 0.6) is 11.5 Å². The summed E-state index contributed by atoms with van der Waals surface area (Å²) in [5.74, 6) is 2.11. The molecule has 1 N–H and O–H groups in total. The fraction of sp³-hybridized carbons (Fsp3) is 0.529. The predicted octanol–water partition coefficient (Wildman–Crippen LogP) is 1.70. The summed E-state index contributed by atoms with van der Waals surface area (Å²) in [6, 6.07) is 7.53. The van der Waals surface area contributed by atoms with Gasteiger partial charge in [0.1, 0.15) is 0 Å². The summed E-state index contributed by atoms with van der Waals surface area (Å²) in [7, 11) is 7.49. The Balaban J connectivity index is 0.000000134. The van der Waals surface area contributed by atoms with E-state index in [9.17, 15) is 5.11 Å². The van der Waals surface area contributed by atoms with Crippen molar-refractivity contribution in [1.29, 1.82) is 0 Å². The maximum atomic E-state index is 10.1. The number of likely N-dealkylation sites (tertiary alicyclic amines) is 1. The first-order valence-corrected chi connectivity index (χ1v) is 7.72. The van der Waals surface area contributed by atoms with E-state index in [1.807, 2.05) is 24.3 Å². The third-order valence-electron chi connectivity index (χ3n) is 5.13. The molecule has 1 aromatic rings. The van der Waals surface area contributed by atoms with Crippen molar-refractivity contribution in [3.05, 3.63) is 36.4 Å². The standard InChI is InChI=1S/C9H13BNO.C8H10O2/c1-11-6-4-7-3-2-5-8(12)9(7,11)10-8;1-9-7-5-3-4-6-8(7)10-2/h2-3,7,12H,4-6H2,1H3;3-6H,1-2H3/t7?,8?,9-;/m1./s1. The van der Waals surface area contributed by atoms with E-state index >= 15 is 0 Å². The van der Waals surface area contributed by atoms with Crippen LogP contribution < -0.4 is 9.47 Å². The van der Waals surface area contributed by atoms with E-state index in [1.54, 1.807) is 14.2 Å². The Morgan fingerprint density at radius 1 is 1.23 bits per heavy atom. The molecule has 3 aliphatic rings. The van der Waals surface area contributed by atoms with Gasteiger partial charge in [-0.3, -0.25) is 0 Å². The van der Waals surface area contributed by atoms with Crippen LogP contribution in [-0.4, -0.2) is 56.0 Å². The monoisotopic (exact) mass is 300 g/mol. The first-order valence-electron chi connectivity index (χ1n) is 7.72. The summed E-state index contributed by atoms with van der Waals surface area (Å²) in [4.78, 5) is 2.31. The largest absolute Gasteiger partial charge is 0.493 e. The molecule has 2 unspecified atom stereocenters. The average Bonchev–Trinajstić information content (AvgIpc) is 3.09. The Morgan fingerprint density at radius 3 is 2.41 bits per heavy atom. The fourth-order valence-electron chi connectivity index (χ4n) is 3.88. The molecule has 0 bridgehead atoms. The van der Waals surface area contributed by atoms with Crippen LogP contribution in [0.15, 0.2) is 36.4 Å². The number of nitrogens with zero attached hydrogens (tertiary/aromatic N) is 1. The van der Waals surface area contributed by atoms with Crippen molar-refractivity contribution in [2.45, 2.75) is 23.8 Å². The Kier molecular flexibility index (Phi) is 3.95. The van der Waals surface area contributed by atoms with Crippen molar-refractivity contribution in [1.82, 2.24) is 4.90 Å². The van der Waals surface area contributed by atoms with Crippen LogP contribution in [0.4, 0.5) is 0 Å². The second-order valence-electron chi connectivity index (χ2n) is 6.20. The summed E-state index contributed by atoms with van der Waals surface area (Å²) in [6.07, 6.45) is 6.42. The van der Waals surface area contributed by atoms with Gasteiger partial charge in [-0.2, -0.15) is 0 Å². The lowest BCUT2D eigenvalue weighted by atomic mass is 9.84. The topological polar surface area (TPSA) is 41.9 Å². The summed E-state index contributed by atoms with van der Waals surface area (Å²) in [6.45, 7) is 1.12. The number of rotatable bonds is 2. The fourth-order valence-corrected chi connectivity index (χ4v) is 3.88. The Bertz CT molecular complexity index is 556. The molecule has 1 aliphatic carbocycles. The van der Waals surface area contributed by atoms with Crippen LogP contribution in [-0.2, 0) is 0 Å². The number of benzene rings is 1. The van der Waals surface area contributed by atoms with Crippen molar-refractivity contribution in [3.8, 4) is 11.5 Å². The van der Waals surface area contributed by atoms with E-state index in [0.717, 1.165) is 24.5 Å². The predicted molar refractivity (Wildman–Crippen MR) is 87.5 cm³/mol. The third-order valence-corrected chi connectivity index (χ3v) is 5.13. The molecule has 4 rings (SSSR count). The lowest BCUT2D eigenvalue weighted by Crippen LogP contribution is -2.42. The first kappa shape index (κ1) is 15.4. The Hall–Kier alpha value is -1.46. The minimum absolute atomic E-state index is 0.0295. The molecule has 0 saturated carbocycles. The van der Waals surface area contributed by atoms with Gasteiger partial charge < -0.3 is 19.5 Å². The minimum atomic E-state index is -0.488. The molecule has 0 amide bonds. The molecule has 4 nitrogen and oxygen atoms in total. The average molecular weight is 300 g/mol. The molecule has 1 aromatic carbocycles. The van der Waals surface area contributed by atoms with Crippen LogP contribution >= 0.6 is 0 Å². The highest BCUT2D eigenvalue weighted by Crippen LogP contribution is 2.57. The third kappa shape index (κ3) is 2.23. The number of ether oxygens (including phenoxy) is 2. The van der Waals surface area contributed by atoms with Crippen LogP contribution in [0.3, 0.4) is 0 Å². The molecular weight excluding hydrogens is 277 g/mol. The van der Waals surface area contributed by atoms with Crippen LogP contribution in [0, 0.1) is 5.92 Å². The lowest BCUT2D eigenvalue weighted by Gasteiger charge is -2.32. The number of hydrogen-bond acceptors (Lipinski definition) is 4. The van der Waals surface area contributed by atoms with Crippen LogP contribution in [0.25, 0.3) is 0 Å². The molecule has 3 atom stereocenters. The van der Waals surface area contributed by atoms with Crippen molar-refractivity contribution in [3.63, 3.8) is 0 Å². The zero-order chi connectivity index (χ0) is 15.8. The Morgan fingerprint density at radius 2 is 1.86 bits per heavy atom. The minimum Gasteiger partial charge on any atom is -0.493 e. The molecule has 1 radical (unpaired) electrons. The van der Waals surface area contributed by atoms with E-state index in [2.05, 4.69) is 31.4 Å². The molecule has 1 spiro atoms. The van der Waals surface area contributed by atoms with E-state index in [1.165, 1.54) is 6.42 Å². The van der Waals surface area contributed by atoms with Crippen LogP contribution in [0.1, 0.15) is 12.8 Å². The lowest BCUT2D eigenvalue weighted by molar-refractivity contribution is 0.0693. The van der Waals surface area contributed by atoms with Gasteiger partial charge in [0.05, 0.1) is 14.2 Å². The van der Waals surface area contributed by atoms with Gasteiger partial charge in [0, 0.05) is 10.9 Å². The van der Waals surface area contributed by atoms with E-state index in [4.69, 9.17) is 9.47 Å². The number of likely N-dealkylation sites (N-methyl/N-ethyl adjacent to an activating group) is 1. The van der Waals surface area contributed by atoms with Gasteiger partial charge in [0.2, 0.25) is 0 Å². The zero-order valence-electron chi connectivity index (χ0n) is 13.5. The van der Waals surface area contributed by atoms with Crippen molar-refractivity contribution >= 4 is 7.28 Å². The molecular formula is C17H23BNO3. The van der Waals surface area contributed by atoms with E-state index < -0.39 is 5.50 Å². The van der Waals surface area contributed by atoms with Crippen LogP contribution in [0.2, 0.25) is 0 Å². The zero-order valence-corrected chi connectivity index (χ0v) is 13.5. The second-order valence-corrected chi connectivity index (χ2v) is 6.20. The first-order chi connectivity index (χ1) is 10.6. The summed E-state index contributed by atoms with van der Waals surface area (Å²) in [5.41, 5.74) is -0.459. The smallest absolute Gasteiger partial charge is 0.185 e. The number of aliphatic hydroxyl groups is 1. The molecule has 2 aliphatic heterocycles. The molecule has 2 saturated heterocycles. The molecule has 2 fully saturated rings. The highest BCUT2D eigenvalue weighted by molar-refractivity contribution is 6.60. The number of methoxy groups -OCH3 is 2. The maximum Gasteiger partial charge on any atom is 0.185 e. The highest BCUT2D eigenvalue weighted by atomic mass is 16.5. The number of hydrogen-bond donors (Lipinski definition) is 1. The van der Waals surface area contributed by atoms with Crippen molar-refractivity contribution in [2.24, 2.45) is 5.92 Å². The van der Waals surface area contributed by atoms with Gasteiger partial charge in [-0.1, -0.05) is 24.3 Å². The normalized spacial score (nSPS) is 34.6. The van der Waals surface area contributed by atoms with Gasteiger partial charge in [0.25, 0.3) is 0 Å². The van der Waals surface area contributed by atoms with Gasteiger partial charge in [0.15, 0.2) is 18.8 Å². The second kappa shape index (κ2) is 5.63. The highest BCUT2D eigenvalue weighted by Gasteiger charge is 2.74. The summed E-state index contributed by atoms with van der Waals surface area (Å²) in [5, 5.41) is 10.1. The van der Waals surface area contributed by atoms with Crippen molar-refractivity contribution in [2.75, 3.05) is 27.8 Å². The summed E-state index contributed by atoms with van der Waals surface area (Å²) < 4.78 is 10.0.